The maximum Gasteiger partial charge on any atom is 0.203 e. The summed E-state index contributed by atoms with van der Waals surface area (Å²) in [5.74, 6) is -1.44. The molecule has 4 rings (SSSR count). The Morgan fingerprint density at radius 2 is 1.58 bits per heavy atom. The molecule has 11 heteroatoms. The molecule has 3 aromatic rings. The topological polar surface area (TPSA) is 179 Å². The summed E-state index contributed by atoms with van der Waals surface area (Å²) >= 11 is 0. The van der Waals surface area contributed by atoms with Crippen LogP contribution < -0.4 is 14.9 Å². The van der Waals surface area contributed by atoms with Crippen LogP contribution in [0.15, 0.2) is 33.5 Å². The predicted molar refractivity (Wildman–Crippen MR) is 113 cm³/mol. The van der Waals surface area contributed by atoms with Crippen molar-refractivity contribution in [3.05, 3.63) is 40.1 Å². The number of aliphatic hydroxyl groups excluding tert-OH is 3. The third-order valence-corrected chi connectivity index (χ3v) is 5.52. The fourth-order valence-electron chi connectivity index (χ4n) is 3.86. The van der Waals surface area contributed by atoms with Gasteiger partial charge in [0.05, 0.1) is 26.4 Å². The average molecular weight is 462 g/mol. The molecule has 176 valence electrons. The molecule has 2 heterocycles. The Balaban J connectivity index is 2.07. The smallest absolute Gasteiger partial charge is 0.203 e. The van der Waals surface area contributed by atoms with Gasteiger partial charge in [0.2, 0.25) is 11.2 Å². The zero-order chi connectivity index (χ0) is 24.0. The molecule has 0 saturated carbocycles. The zero-order valence-corrected chi connectivity index (χ0v) is 17.6. The minimum atomic E-state index is -1.71. The number of hydrogen-bond acceptors (Lipinski definition) is 11. The molecule has 0 spiro atoms. The summed E-state index contributed by atoms with van der Waals surface area (Å²) in [7, 11) is 2.61. The van der Waals surface area contributed by atoms with Gasteiger partial charge in [-0.3, -0.25) is 4.79 Å². The van der Waals surface area contributed by atoms with E-state index < -0.39 is 35.6 Å². The van der Waals surface area contributed by atoms with Crippen molar-refractivity contribution >= 4 is 11.0 Å². The lowest BCUT2D eigenvalue weighted by atomic mass is 9.91. The Bertz CT molecular complexity index is 1240. The normalized spacial score (nSPS) is 22.9. The lowest BCUT2D eigenvalue weighted by Gasteiger charge is -2.35. The number of methoxy groups -OCH3 is 2. The molecule has 1 aliphatic heterocycles. The van der Waals surface area contributed by atoms with Crippen LogP contribution >= 0.6 is 0 Å². The van der Waals surface area contributed by atoms with Gasteiger partial charge in [-0.2, -0.15) is 0 Å². The van der Waals surface area contributed by atoms with E-state index in [4.69, 9.17) is 18.6 Å². The van der Waals surface area contributed by atoms with E-state index in [9.17, 15) is 35.4 Å². The van der Waals surface area contributed by atoms with Gasteiger partial charge in [-0.1, -0.05) is 0 Å². The number of ether oxygens (including phenoxy) is 3. The Morgan fingerprint density at radius 1 is 0.939 bits per heavy atom. The summed E-state index contributed by atoms with van der Waals surface area (Å²) < 4.78 is 21.7. The van der Waals surface area contributed by atoms with Gasteiger partial charge < -0.3 is 49.3 Å². The van der Waals surface area contributed by atoms with Crippen molar-refractivity contribution in [1.29, 1.82) is 0 Å². The number of rotatable bonds is 4. The quantitative estimate of drug-likeness (QED) is 0.322. The predicted octanol–water partition coefficient (Wildman–Crippen LogP) is 0.748. The summed E-state index contributed by atoms with van der Waals surface area (Å²) in [5.41, 5.74) is -1.08. The highest BCUT2D eigenvalue weighted by atomic mass is 16.5. The molecule has 11 nitrogen and oxygen atoms in total. The number of phenols is 3. The number of benzene rings is 2. The number of hydrogen-bond donors (Lipinski definition) is 6. The molecule has 0 bridgehead atoms. The van der Waals surface area contributed by atoms with Crippen LogP contribution in [0.2, 0.25) is 0 Å². The van der Waals surface area contributed by atoms with Crippen LogP contribution in [-0.4, -0.2) is 69.8 Å². The van der Waals surface area contributed by atoms with Crippen LogP contribution in [0, 0.1) is 0 Å². The van der Waals surface area contributed by atoms with Crippen molar-refractivity contribution in [1.82, 2.24) is 0 Å². The van der Waals surface area contributed by atoms with Crippen LogP contribution in [0.1, 0.15) is 11.7 Å². The second-order valence-corrected chi connectivity index (χ2v) is 7.54. The molecule has 6 N–H and O–H groups in total. The van der Waals surface area contributed by atoms with Gasteiger partial charge in [0.1, 0.15) is 52.6 Å². The lowest BCUT2D eigenvalue weighted by molar-refractivity contribution is -0.189. The van der Waals surface area contributed by atoms with Crippen molar-refractivity contribution in [3.63, 3.8) is 0 Å². The summed E-state index contributed by atoms with van der Waals surface area (Å²) in [4.78, 5) is 13.5. The first-order valence-corrected chi connectivity index (χ1v) is 9.81. The molecule has 2 aromatic carbocycles. The largest absolute Gasteiger partial charge is 0.508 e. The Labute approximate surface area is 186 Å². The van der Waals surface area contributed by atoms with Crippen LogP contribution in [0.3, 0.4) is 0 Å². The molecule has 1 fully saturated rings. The summed E-state index contributed by atoms with van der Waals surface area (Å²) in [6.07, 6.45) is -6.17. The standard InChI is InChI=1S/C22H22O11/c1-30-13-3-8(4-14(31-2)18(13)27)21-16(22-20(29)17(26)11(25)7-32-22)19(28)15-10(24)5-9(23)6-12(15)33-21/h3-6,11,17,20,22-27,29H,7H2,1-2H3. The van der Waals surface area contributed by atoms with Crippen molar-refractivity contribution in [3.8, 4) is 40.1 Å². The maximum atomic E-state index is 13.5. The Kier molecular flexibility index (Phi) is 5.80. The molecule has 1 saturated heterocycles. The highest BCUT2D eigenvalue weighted by Crippen LogP contribution is 2.44. The van der Waals surface area contributed by atoms with Crippen molar-refractivity contribution in [2.75, 3.05) is 20.8 Å². The van der Waals surface area contributed by atoms with Gasteiger partial charge in [-0.25, -0.2) is 0 Å². The highest BCUT2D eigenvalue weighted by Gasteiger charge is 2.42. The fourth-order valence-corrected chi connectivity index (χ4v) is 3.86. The summed E-state index contributed by atoms with van der Waals surface area (Å²) in [6, 6.07) is 4.75. The second kappa shape index (κ2) is 8.45. The first kappa shape index (κ1) is 22.7. The average Bonchev–Trinajstić information content (AvgIpc) is 2.77. The van der Waals surface area contributed by atoms with Crippen LogP contribution in [0.25, 0.3) is 22.3 Å². The minimum absolute atomic E-state index is 0.0163. The second-order valence-electron chi connectivity index (χ2n) is 7.54. The fraction of sp³-hybridized carbons (Fsp3) is 0.318. The van der Waals surface area contributed by atoms with E-state index in [0.29, 0.717) is 0 Å². The van der Waals surface area contributed by atoms with E-state index in [1.54, 1.807) is 0 Å². The van der Waals surface area contributed by atoms with Gasteiger partial charge in [-0.15, -0.1) is 0 Å². The number of aromatic hydroxyl groups is 3. The first-order chi connectivity index (χ1) is 15.7. The SMILES string of the molecule is COc1cc(-c2oc3cc(O)cc(O)c3c(=O)c2C2OCC(O)C(O)C2O)cc(OC)c1O. The van der Waals surface area contributed by atoms with Crippen molar-refractivity contribution in [2.24, 2.45) is 0 Å². The van der Waals surface area contributed by atoms with Gasteiger partial charge in [0, 0.05) is 17.7 Å². The molecule has 4 atom stereocenters. The number of phenolic OH excluding ortho intramolecular Hbond substituents is 3. The summed E-state index contributed by atoms with van der Waals surface area (Å²) in [5, 5.41) is 60.7. The zero-order valence-electron chi connectivity index (χ0n) is 17.6. The molecule has 1 aliphatic rings. The summed E-state index contributed by atoms with van der Waals surface area (Å²) in [6.45, 7) is -0.385. The van der Waals surface area contributed by atoms with Gasteiger partial charge in [0.25, 0.3) is 0 Å². The number of aliphatic hydroxyl groups is 3. The van der Waals surface area contributed by atoms with Crippen LogP contribution in [0.4, 0.5) is 0 Å². The number of fused-ring (bicyclic) bond motifs is 1. The lowest BCUT2D eigenvalue weighted by Crippen LogP contribution is -2.50. The monoisotopic (exact) mass is 462 g/mol. The first-order valence-electron chi connectivity index (χ1n) is 9.81. The maximum absolute atomic E-state index is 13.5. The van der Waals surface area contributed by atoms with Crippen molar-refractivity contribution < 1.29 is 49.3 Å². The molecule has 4 unspecified atom stereocenters. The van der Waals surface area contributed by atoms with E-state index in [1.165, 1.54) is 26.4 Å². The van der Waals surface area contributed by atoms with E-state index in [-0.39, 0.29) is 57.5 Å². The molecular formula is C22H22O11. The van der Waals surface area contributed by atoms with Gasteiger partial charge in [-0.05, 0) is 12.1 Å². The molecule has 0 amide bonds. The van der Waals surface area contributed by atoms with Gasteiger partial charge in [0.15, 0.2) is 11.5 Å². The van der Waals surface area contributed by atoms with Crippen molar-refractivity contribution in [2.45, 2.75) is 24.4 Å². The Morgan fingerprint density at radius 3 is 2.18 bits per heavy atom. The molecular weight excluding hydrogens is 440 g/mol. The van der Waals surface area contributed by atoms with Gasteiger partial charge >= 0.3 is 0 Å². The van der Waals surface area contributed by atoms with E-state index in [2.05, 4.69) is 0 Å². The molecule has 1 aromatic heterocycles. The van der Waals surface area contributed by atoms with E-state index >= 15 is 0 Å². The Hall–Kier alpha value is -3.51. The van der Waals surface area contributed by atoms with E-state index in [0.717, 1.165) is 12.1 Å². The molecule has 0 radical (unpaired) electrons. The highest BCUT2D eigenvalue weighted by molar-refractivity contribution is 5.87. The minimum Gasteiger partial charge on any atom is -0.508 e. The molecule has 0 aliphatic carbocycles. The third-order valence-electron chi connectivity index (χ3n) is 5.52. The van der Waals surface area contributed by atoms with Crippen LogP contribution in [0.5, 0.6) is 28.7 Å². The molecule has 33 heavy (non-hydrogen) atoms. The van der Waals surface area contributed by atoms with Crippen LogP contribution in [-0.2, 0) is 4.74 Å². The van der Waals surface area contributed by atoms with E-state index in [1.807, 2.05) is 0 Å². The third kappa shape index (κ3) is 3.70.